The number of rotatable bonds is 5. The van der Waals surface area contributed by atoms with E-state index >= 15 is 0 Å². The number of β-lactam (4-membered cyclic amide) rings is 1. The highest BCUT2D eigenvalue weighted by Crippen LogP contribution is 2.46. The number of aliphatic hydroxyl groups is 1. The van der Waals surface area contributed by atoms with E-state index in [2.05, 4.69) is 0 Å². The van der Waals surface area contributed by atoms with Crippen molar-refractivity contribution in [2.75, 3.05) is 14.1 Å². The van der Waals surface area contributed by atoms with Crippen molar-refractivity contribution in [1.82, 2.24) is 9.80 Å². The highest BCUT2D eigenvalue weighted by Gasteiger charge is 2.56. The topological polar surface area (TPSA) is 98.1 Å². The van der Waals surface area contributed by atoms with Crippen LogP contribution in [0.2, 0.25) is 0 Å². The summed E-state index contributed by atoms with van der Waals surface area (Å²) in [5.41, 5.74) is 2.02. The third-order valence-corrected chi connectivity index (χ3v) is 5.06. The predicted molar refractivity (Wildman–Crippen MR) is 93.8 cm³/mol. The molecule has 1 aromatic rings. The molecule has 0 unspecified atom stereocenters. The number of aliphatic hydroxyl groups excluding tert-OH is 1. The molecular weight excluding hydrogens is 336 g/mol. The van der Waals surface area contributed by atoms with Crippen LogP contribution in [0.5, 0.6) is 0 Å². The molecule has 0 bridgehead atoms. The first-order valence-electron chi connectivity index (χ1n) is 8.49. The number of carboxylic acids is 1. The molecule has 2 heterocycles. The van der Waals surface area contributed by atoms with Gasteiger partial charge in [-0.1, -0.05) is 24.3 Å². The van der Waals surface area contributed by atoms with E-state index in [0.717, 1.165) is 5.56 Å². The first kappa shape index (κ1) is 18.1. The Labute approximate surface area is 151 Å². The molecule has 0 aliphatic carbocycles. The van der Waals surface area contributed by atoms with E-state index < -0.39 is 18.0 Å². The molecule has 2 aliphatic rings. The first-order chi connectivity index (χ1) is 12.2. The molecule has 2 aliphatic heterocycles. The minimum atomic E-state index is -1.16. The Balaban J connectivity index is 1.95. The molecule has 0 saturated carbocycles. The number of benzene rings is 1. The lowest BCUT2D eigenvalue weighted by atomic mass is 9.82. The van der Waals surface area contributed by atoms with Crippen LogP contribution < -0.4 is 0 Å². The Morgan fingerprint density at radius 3 is 2.62 bits per heavy atom. The normalized spacial score (nSPS) is 22.8. The van der Waals surface area contributed by atoms with Crippen molar-refractivity contribution in [1.29, 1.82) is 0 Å². The number of aliphatic carboxylic acids is 1. The van der Waals surface area contributed by atoms with Crippen LogP contribution in [-0.2, 0) is 20.8 Å². The number of amides is 2. The van der Waals surface area contributed by atoms with E-state index in [-0.39, 0.29) is 30.0 Å². The molecule has 0 spiro atoms. The van der Waals surface area contributed by atoms with Gasteiger partial charge in [-0.05, 0) is 30.0 Å². The Kier molecular flexibility index (Phi) is 4.58. The van der Waals surface area contributed by atoms with Crippen molar-refractivity contribution >= 4 is 23.4 Å². The Morgan fingerprint density at radius 2 is 2.04 bits per heavy atom. The third-order valence-electron chi connectivity index (χ3n) is 5.06. The van der Waals surface area contributed by atoms with Gasteiger partial charge in [0.1, 0.15) is 5.70 Å². The maximum absolute atomic E-state index is 12.3. The molecule has 0 aromatic heterocycles. The van der Waals surface area contributed by atoms with Crippen LogP contribution in [0.1, 0.15) is 24.5 Å². The van der Waals surface area contributed by atoms with Gasteiger partial charge in [-0.3, -0.25) is 9.59 Å². The molecule has 138 valence electrons. The number of hydrogen-bond donors (Lipinski definition) is 2. The monoisotopic (exact) mass is 358 g/mol. The second-order valence-corrected chi connectivity index (χ2v) is 7.04. The van der Waals surface area contributed by atoms with E-state index in [1.54, 1.807) is 39.2 Å². The van der Waals surface area contributed by atoms with E-state index in [1.807, 2.05) is 6.07 Å². The van der Waals surface area contributed by atoms with Gasteiger partial charge < -0.3 is 20.0 Å². The number of carboxylic acid groups (broad SMARTS) is 1. The second kappa shape index (κ2) is 6.57. The molecule has 0 radical (unpaired) electrons. The summed E-state index contributed by atoms with van der Waals surface area (Å²) >= 11 is 0. The van der Waals surface area contributed by atoms with Gasteiger partial charge in [0.2, 0.25) is 11.8 Å². The molecule has 3 rings (SSSR count). The highest BCUT2D eigenvalue weighted by atomic mass is 16.4. The Morgan fingerprint density at radius 1 is 1.35 bits per heavy atom. The number of likely N-dealkylation sites (N-methyl/N-ethyl adjacent to an activating group) is 1. The van der Waals surface area contributed by atoms with E-state index in [1.165, 1.54) is 9.80 Å². The van der Waals surface area contributed by atoms with E-state index in [9.17, 15) is 24.6 Å². The average molecular weight is 358 g/mol. The van der Waals surface area contributed by atoms with Crippen molar-refractivity contribution in [2.45, 2.75) is 31.9 Å². The van der Waals surface area contributed by atoms with Crippen molar-refractivity contribution in [3.05, 3.63) is 41.1 Å². The molecule has 1 fully saturated rings. The number of nitrogens with zero attached hydrogens (tertiary/aromatic N) is 2. The molecule has 1 saturated heterocycles. The minimum Gasteiger partial charge on any atom is -0.477 e. The van der Waals surface area contributed by atoms with Gasteiger partial charge in [0.15, 0.2) is 0 Å². The standard InChI is InChI=1S/C19H22N2O5/c1-10(22)16-14-9-13(17(19(25)26)21(14)18(16)24)12-6-4-5-11(7-12)8-15(23)20(2)3/h4-7,10,14,16,22H,8-9H2,1-3H3,(H,25,26)/t10-,14-,16-/m1/s1. The Hall–Kier alpha value is -2.67. The van der Waals surface area contributed by atoms with Crippen LogP contribution >= 0.6 is 0 Å². The quantitative estimate of drug-likeness (QED) is 0.756. The molecule has 2 amide bonds. The summed E-state index contributed by atoms with van der Waals surface area (Å²) in [6.07, 6.45) is -0.213. The van der Waals surface area contributed by atoms with Crippen LogP contribution in [0.3, 0.4) is 0 Å². The average Bonchev–Trinajstić information content (AvgIpc) is 2.89. The third kappa shape index (κ3) is 2.88. The summed E-state index contributed by atoms with van der Waals surface area (Å²) in [4.78, 5) is 38.8. The van der Waals surface area contributed by atoms with Crippen molar-refractivity contribution in [3.63, 3.8) is 0 Å². The van der Waals surface area contributed by atoms with Gasteiger partial charge in [-0.2, -0.15) is 0 Å². The van der Waals surface area contributed by atoms with Gasteiger partial charge in [-0.25, -0.2) is 4.79 Å². The summed E-state index contributed by atoms with van der Waals surface area (Å²) in [5, 5.41) is 19.4. The molecule has 7 nitrogen and oxygen atoms in total. The molecule has 26 heavy (non-hydrogen) atoms. The maximum atomic E-state index is 12.3. The van der Waals surface area contributed by atoms with Crippen LogP contribution in [0.25, 0.3) is 5.57 Å². The lowest BCUT2D eigenvalue weighted by Gasteiger charge is -2.44. The molecule has 3 atom stereocenters. The lowest BCUT2D eigenvalue weighted by Crippen LogP contribution is -2.61. The summed E-state index contributed by atoms with van der Waals surface area (Å²) in [7, 11) is 3.36. The SMILES string of the molecule is C[C@@H](O)[C@H]1C(=O)N2C(C(=O)O)=C(c3cccc(CC(=O)N(C)C)c3)C[C@H]12. The van der Waals surface area contributed by atoms with Gasteiger partial charge in [0.05, 0.1) is 24.5 Å². The smallest absolute Gasteiger partial charge is 0.352 e. The van der Waals surface area contributed by atoms with Gasteiger partial charge in [-0.15, -0.1) is 0 Å². The number of fused-ring (bicyclic) bond motifs is 1. The van der Waals surface area contributed by atoms with Crippen molar-refractivity contribution in [2.24, 2.45) is 5.92 Å². The lowest BCUT2D eigenvalue weighted by molar-refractivity contribution is -0.161. The van der Waals surface area contributed by atoms with Crippen LogP contribution in [0.15, 0.2) is 30.0 Å². The number of hydrogen-bond acceptors (Lipinski definition) is 4. The zero-order valence-corrected chi connectivity index (χ0v) is 15.0. The van der Waals surface area contributed by atoms with Crippen LogP contribution in [-0.4, -0.2) is 64.0 Å². The Bertz CT molecular complexity index is 812. The molecule has 2 N–H and O–H groups in total. The summed E-state index contributed by atoms with van der Waals surface area (Å²) in [6, 6.07) is 6.86. The van der Waals surface area contributed by atoms with E-state index in [0.29, 0.717) is 17.6 Å². The maximum Gasteiger partial charge on any atom is 0.352 e. The first-order valence-corrected chi connectivity index (χ1v) is 8.49. The summed E-state index contributed by atoms with van der Waals surface area (Å²) in [5.74, 6) is -2.12. The zero-order chi connectivity index (χ0) is 19.2. The van der Waals surface area contributed by atoms with Crippen LogP contribution in [0.4, 0.5) is 0 Å². The van der Waals surface area contributed by atoms with Crippen LogP contribution in [0, 0.1) is 5.92 Å². The number of carbonyl (C=O) groups is 3. The number of carbonyl (C=O) groups excluding carboxylic acids is 2. The fraction of sp³-hybridized carbons (Fsp3) is 0.421. The predicted octanol–water partition coefficient (Wildman–Crippen LogP) is 0.724. The second-order valence-electron chi connectivity index (χ2n) is 7.04. The summed E-state index contributed by atoms with van der Waals surface area (Å²) < 4.78 is 0. The van der Waals surface area contributed by atoms with Crippen molar-refractivity contribution < 1.29 is 24.6 Å². The fourth-order valence-electron chi connectivity index (χ4n) is 3.73. The molecule has 1 aromatic carbocycles. The van der Waals surface area contributed by atoms with Crippen molar-refractivity contribution in [3.8, 4) is 0 Å². The van der Waals surface area contributed by atoms with Gasteiger partial charge in [0, 0.05) is 14.1 Å². The van der Waals surface area contributed by atoms with Gasteiger partial charge in [0.25, 0.3) is 0 Å². The minimum absolute atomic E-state index is 0.0204. The van der Waals surface area contributed by atoms with E-state index in [4.69, 9.17) is 0 Å². The largest absolute Gasteiger partial charge is 0.477 e. The van der Waals surface area contributed by atoms with Gasteiger partial charge >= 0.3 is 5.97 Å². The summed E-state index contributed by atoms with van der Waals surface area (Å²) in [6.45, 7) is 1.55. The molecule has 7 heteroatoms. The fourth-order valence-corrected chi connectivity index (χ4v) is 3.73. The molecular formula is C19H22N2O5. The highest BCUT2D eigenvalue weighted by molar-refractivity contribution is 6.06. The zero-order valence-electron chi connectivity index (χ0n) is 15.0.